The predicted octanol–water partition coefficient (Wildman–Crippen LogP) is 4.44. The predicted molar refractivity (Wildman–Crippen MR) is 76.7 cm³/mol. The van der Waals surface area contributed by atoms with Gasteiger partial charge in [0.15, 0.2) is 0 Å². The number of nitrogens with one attached hydrogen (secondary N) is 1. The summed E-state index contributed by atoms with van der Waals surface area (Å²) in [7, 11) is 0. The first-order valence-corrected chi connectivity index (χ1v) is 6.85. The molecule has 0 heterocycles. The molecule has 1 atom stereocenters. The van der Waals surface area contributed by atoms with Gasteiger partial charge in [0.2, 0.25) is 0 Å². The Hall–Kier alpha value is -0.600. The fourth-order valence-electron chi connectivity index (χ4n) is 1.87. The zero-order valence-corrected chi connectivity index (χ0v) is 12.4. The van der Waals surface area contributed by atoms with Crippen molar-refractivity contribution in [1.82, 2.24) is 5.32 Å². The monoisotopic (exact) mass is 271 g/mol. The zero-order valence-electron chi connectivity index (χ0n) is 11.7. The normalized spacial score (nSPS) is 13.7. The molecule has 0 saturated carbocycles. The van der Waals surface area contributed by atoms with E-state index < -0.39 is 0 Å². The van der Waals surface area contributed by atoms with Crippen LogP contribution in [0.15, 0.2) is 18.2 Å². The molecule has 0 saturated heterocycles. The van der Waals surface area contributed by atoms with E-state index in [1.807, 2.05) is 0 Å². The minimum Gasteiger partial charge on any atom is -0.312 e. The van der Waals surface area contributed by atoms with E-state index in [0.717, 1.165) is 13.0 Å². The smallest absolute Gasteiger partial charge is 0.127 e. The second-order valence-corrected chi connectivity index (χ2v) is 6.38. The molecule has 1 nitrogen and oxygen atoms in total. The molecule has 0 amide bonds. The number of halogens is 2. The average molecular weight is 272 g/mol. The first kappa shape index (κ1) is 15.5. The molecule has 0 radical (unpaired) electrons. The van der Waals surface area contributed by atoms with Crippen LogP contribution < -0.4 is 5.32 Å². The summed E-state index contributed by atoms with van der Waals surface area (Å²) < 4.78 is 13.6. The molecular weight excluding hydrogens is 249 g/mol. The summed E-state index contributed by atoms with van der Waals surface area (Å²) in [4.78, 5) is 0. The quantitative estimate of drug-likeness (QED) is 0.835. The Morgan fingerprint density at radius 1 is 1.33 bits per heavy atom. The van der Waals surface area contributed by atoms with Gasteiger partial charge in [-0.3, -0.25) is 0 Å². The van der Waals surface area contributed by atoms with E-state index >= 15 is 0 Å². The van der Waals surface area contributed by atoms with Crippen LogP contribution in [0.25, 0.3) is 0 Å². The van der Waals surface area contributed by atoms with Gasteiger partial charge in [0, 0.05) is 16.1 Å². The van der Waals surface area contributed by atoms with Crippen LogP contribution in [0.1, 0.15) is 39.7 Å². The lowest BCUT2D eigenvalue weighted by molar-refractivity contribution is 0.392. The standard InChI is InChI=1S/C15H23ClFN/c1-11(8-9-18-15(2,3)4)10-12-13(16)6-5-7-14(12)17/h5-7,11,18H,8-10H2,1-4H3. The molecule has 1 rings (SSSR count). The van der Waals surface area contributed by atoms with Crippen LogP contribution in [0.2, 0.25) is 5.02 Å². The third kappa shape index (κ3) is 5.36. The van der Waals surface area contributed by atoms with Gasteiger partial charge < -0.3 is 5.32 Å². The molecule has 0 aliphatic heterocycles. The second kappa shape index (κ2) is 6.53. The Morgan fingerprint density at radius 3 is 2.56 bits per heavy atom. The topological polar surface area (TPSA) is 12.0 Å². The highest BCUT2D eigenvalue weighted by Gasteiger charge is 2.13. The van der Waals surface area contributed by atoms with Crippen LogP contribution in [0.4, 0.5) is 4.39 Å². The lowest BCUT2D eigenvalue weighted by atomic mass is 9.97. The maximum Gasteiger partial charge on any atom is 0.127 e. The summed E-state index contributed by atoms with van der Waals surface area (Å²) in [6.07, 6.45) is 1.71. The van der Waals surface area contributed by atoms with Gasteiger partial charge in [-0.2, -0.15) is 0 Å². The Kier molecular flexibility index (Phi) is 5.61. The van der Waals surface area contributed by atoms with E-state index in [2.05, 4.69) is 33.0 Å². The Labute approximate surface area is 115 Å². The van der Waals surface area contributed by atoms with E-state index in [4.69, 9.17) is 11.6 Å². The van der Waals surface area contributed by atoms with Gasteiger partial charge in [0.1, 0.15) is 5.82 Å². The van der Waals surface area contributed by atoms with Crippen LogP contribution in [-0.4, -0.2) is 12.1 Å². The molecule has 18 heavy (non-hydrogen) atoms. The molecule has 0 fully saturated rings. The average Bonchev–Trinajstić information content (AvgIpc) is 2.22. The summed E-state index contributed by atoms with van der Waals surface area (Å²) in [5.74, 6) is 0.215. The maximum absolute atomic E-state index is 13.6. The Bertz CT molecular complexity index is 364. The first-order chi connectivity index (χ1) is 8.29. The fourth-order valence-corrected chi connectivity index (χ4v) is 2.11. The third-order valence-electron chi connectivity index (χ3n) is 2.91. The summed E-state index contributed by atoms with van der Waals surface area (Å²) in [5.41, 5.74) is 0.775. The molecule has 3 heteroatoms. The highest BCUT2D eigenvalue weighted by Crippen LogP contribution is 2.23. The van der Waals surface area contributed by atoms with E-state index in [-0.39, 0.29) is 11.4 Å². The van der Waals surface area contributed by atoms with Crippen LogP contribution in [-0.2, 0) is 6.42 Å². The second-order valence-electron chi connectivity index (χ2n) is 5.97. The largest absolute Gasteiger partial charge is 0.312 e. The van der Waals surface area contributed by atoms with Gasteiger partial charge in [-0.25, -0.2) is 4.39 Å². The molecule has 0 aliphatic rings. The molecule has 1 aromatic carbocycles. The lowest BCUT2D eigenvalue weighted by Gasteiger charge is -2.22. The minimum atomic E-state index is -0.196. The van der Waals surface area contributed by atoms with Crippen LogP contribution in [0, 0.1) is 11.7 Å². The lowest BCUT2D eigenvalue weighted by Crippen LogP contribution is -2.37. The summed E-state index contributed by atoms with van der Waals surface area (Å²) in [5, 5.41) is 3.97. The van der Waals surface area contributed by atoms with Crippen molar-refractivity contribution in [3.8, 4) is 0 Å². The van der Waals surface area contributed by atoms with E-state index in [0.29, 0.717) is 22.9 Å². The van der Waals surface area contributed by atoms with Crippen molar-refractivity contribution < 1.29 is 4.39 Å². The van der Waals surface area contributed by atoms with E-state index in [1.54, 1.807) is 12.1 Å². The van der Waals surface area contributed by atoms with Crippen LogP contribution in [0.5, 0.6) is 0 Å². The van der Waals surface area contributed by atoms with Gasteiger partial charge in [0.05, 0.1) is 0 Å². The van der Waals surface area contributed by atoms with Crippen LogP contribution >= 0.6 is 11.6 Å². The van der Waals surface area contributed by atoms with Crippen molar-refractivity contribution in [2.24, 2.45) is 5.92 Å². The number of benzene rings is 1. The highest BCUT2D eigenvalue weighted by molar-refractivity contribution is 6.31. The van der Waals surface area contributed by atoms with E-state index in [1.165, 1.54) is 6.07 Å². The Morgan fingerprint density at radius 2 is 2.00 bits per heavy atom. The van der Waals surface area contributed by atoms with E-state index in [9.17, 15) is 4.39 Å². The molecule has 102 valence electrons. The van der Waals surface area contributed by atoms with Crippen molar-refractivity contribution in [2.75, 3.05) is 6.54 Å². The number of rotatable bonds is 5. The van der Waals surface area contributed by atoms with Crippen molar-refractivity contribution in [3.05, 3.63) is 34.6 Å². The highest BCUT2D eigenvalue weighted by atomic mass is 35.5. The molecule has 0 aliphatic carbocycles. The summed E-state index contributed by atoms with van der Waals surface area (Å²) in [6, 6.07) is 4.87. The molecule has 0 aromatic heterocycles. The van der Waals surface area contributed by atoms with Crippen molar-refractivity contribution >= 4 is 11.6 Å². The first-order valence-electron chi connectivity index (χ1n) is 6.47. The minimum absolute atomic E-state index is 0.134. The maximum atomic E-state index is 13.6. The van der Waals surface area contributed by atoms with Crippen molar-refractivity contribution in [1.29, 1.82) is 0 Å². The van der Waals surface area contributed by atoms with Crippen LogP contribution in [0.3, 0.4) is 0 Å². The van der Waals surface area contributed by atoms with Crippen molar-refractivity contribution in [2.45, 2.75) is 46.1 Å². The zero-order chi connectivity index (χ0) is 13.8. The Balaban J connectivity index is 2.47. The summed E-state index contributed by atoms with van der Waals surface area (Å²) >= 11 is 6.02. The molecule has 1 N–H and O–H groups in total. The van der Waals surface area contributed by atoms with Gasteiger partial charge in [-0.15, -0.1) is 0 Å². The fraction of sp³-hybridized carbons (Fsp3) is 0.600. The van der Waals surface area contributed by atoms with Crippen molar-refractivity contribution in [3.63, 3.8) is 0 Å². The third-order valence-corrected chi connectivity index (χ3v) is 3.26. The number of hydrogen-bond acceptors (Lipinski definition) is 1. The molecule has 1 aromatic rings. The molecule has 1 unspecified atom stereocenters. The summed E-state index contributed by atoms with van der Waals surface area (Å²) in [6.45, 7) is 9.51. The molecule has 0 bridgehead atoms. The van der Waals surface area contributed by atoms with Gasteiger partial charge in [-0.05, 0) is 58.2 Å². The molecular formula is C15H23ClFN. The number of hydrogen-bond donors (Lipinski definition) is 1. The van der Waals surface area contributed by atoms with Gasteiger partial charge in [-0.1, -0.05) is 24.6 Å². The SMILES string of the molecule is CC(CCNC(C)(C)C)Cc1c(F)cccc1Cl. The van der Waals surface area contributed by atoms with Gasteiger partial charge in [0.25, 0.3) is 0 Å². The van der Waals surface area contributed by atoms with Gasteiger partial charge >= 0.3 is 0 Å². The molecule has 0 spiro atoms.